The number of nitrogens with one attached hydrogen (secondary N) is 1. The molecule has 7 nitrogen and oxygen atoms in total. The van der Waals surface area contributed by atoms with Crippen LogP contribution in [0, 0.1) is 5.92 Å². The Hall–Kier alpha value is -1.51. The molecule has 2 rings (SSSR count). The van der Waals surface area contributed by atoms with Gasteiger partial charge in [0, 0.05) is 24.5 Å². The monoisotopic (exact) mass is 370 g/mol. The molecular formula is C17H30N4O3S. The van der Waals surface area contributed by atoms with E-state index in [1.807, 2.05) is 0 Å². The van der Waals surface area contributed by atoms with Crippen molar-refractivity contribution in [2.24, 2.45) is 5.92 Å². The highest BCUT2D eigenvalue weighted by Crippen LogP contribution is 2.19. The minimum atomic E-state index is -0.250. The van der Waals surface area contributed by atoms with Gasteiger partial charge in [-0.05, 0) is 40.4 Å². The summed E-state index contributed by atoms with van der Waals surface area (Å²) in [4.78, 5) is 29.9. The topological polar surface area (TPSA) is 85.8 Å². The Labute approximate surface area is 154 Å². The molecule has 142 valence electrons. The molecule has 1 aliphatic heterocycles. The molecule has 2 heterocycles. The molecule has 8 heteroatoms. The fourth-order valence-electron chi connectivity index (χ4n) is 2.92. The van der Waals surface area contributed by atoms with Gasteiger partial charge in [0.25, 0.3) is 6.47 Å². The van der Waals surface area contributed by atoms with E-state index in [1.54, 1.807) is 11.3 Å². The lowest BCUT2D eigenvalue weighted by atomic mass is 10.0. The first-order chi connectivity index (χ1) is 11.9. The summed E-state index contributed by atoms with van der Waals surface area (Å²) < 4.78 is 0. The van der Waals surface area contributed by atoms with Crippen molar-refractivity contribution in [2.75, 3.05) is 34.2 Å². The molecule has 0 unspecified atom stereocenters. The van der Waals surface area contributed by atoms with E-state index in [2.05, 4.69) is 53.5 Å². The van der Waals surface area contributed by atoms with Gasteiger partial charge in [0.05, 0.1) is 18.2 Å². The second-order valence-electron chi connectivity index (χ2n) is 6.52. The van der Waals surface area contributed by atoms with E-state index in [9.17, 15) is 4.79 Å². The zero-order valence-electron chi connectivity index (χ0n) is 15.6. The third-order valence-electron chi connectivity index (χ3n) is 4.38. The van der Waals surface area contributed by atoms with Crippen molar-refractivity contribution in [3.63, 3.8) is 0 Å². The molecule has 1 amide bonds. The molecule has 0 saturated carbocycles. The predicted molar refractivity (Wildman–Crippen MR) is 99.7 cm³/mol. The zero-order valence-corrected chi connectivity index (χ0v) is 16.4. The SMILES string of the molecule is CCc1csc(CNC(=O)[C@@H]2CC[C@H](N(C)C)CN(C)C2)n1.O=CO. The van der Waals surface area contributed by atoms with Crippen LogP contribution in [0.2, 0.25) is 0 Å². The first-order valence-electron chi connectivity index (χ1n) is 8.55. The van der Waals surface area contributed by atoms with E-state index in [0.717, 1.165) is 43.1 Å². The van der Waals surface area contributed by atoms with E-state index in [0.29, 0.717) is 12.6 Å². The van der Waals surface area contributed by atoms with Crippen LogP contribution in [0.4, 0.5) is 0 Å². The van der Waals surface area contributed by atoms with Crippen LogP contribution >= 0.6 is 11.3 Å². The van der Waals surface area contributed by atoms with Crippen LogP contribution < -0.4 is 5.32 Å². The molecule has 0 aromatic carbocycles. The number of hydrogen-bond acceptors (Lipinski definition) is 6. The maximum absolute atomic E-state index is 12.4. The average molecular weight is 371 g/mol. The number of aromatic nitrogens is 1. The molecule has 2 atom stereocenters. The first-order valence-corrected chi connectivity index (χ1v) is 9.43. The molecule has 0 radical (unpaired) electrons. The second kappa shape index (κ2) is 11.2. The number of nitrogens with zero attached hydrogens (tertiary/aromatic N) is 3. The third kappa shape index (κ3) is 7.50. The number of carbonyl (C=O) groups excluding carboxylic acids is 1. The van der Waals surface area contributed by atoms with Crippen molar-refractivity contribution in [2.45, 2.75) is 38.8 Å². The van der Waals surface area contributed by atoms with Crippen LogP contribution in [0.25, 0.3) is 0 Å². The van der Waals surface area contributed by atoms with Gasteiger partial charge in [-0.2, -0.15) is 0 Å². The Bertz CT molecular complexity index is 536. The van der Waals surface area contributed by atoms with Gasteiger partial charge in [-0.3, -0.25) is 9.59 Å². The molecule has 0 spiro atoms. The largest absolute Gasteiger partial charge is 0.483 e. The van der Waals surface area contributed by atoms with Crippen molar-refractivity contribution in [1.82, 2.24) is 20.1 Å². The number of rotatable bonds is 5. The lowest BCUT2D eigenvalue weighted by Crippen LogP contribution is -2.39. The quantitative estimate of drug-likeness (QED) is 0.760. The summed E-state index contributed by atoms with van der Waals surface area (Å²) in [6, 6.07) is 0.536. The number of thiazole rings is 1. The summed E-state index contributed by atoms with van der Waals surface area (Å²) in [5.41, 5.74) is 1.11. The summed E-state index contributed by atoms with van der Waals surface area (Å²) in [6.07, 6.45) is 2.98. The van der Waals surface area contributed by atoms with Crippen molar-refractivity contribution in [1.29, 1.82) is 0 Å². The fraction of sp³-hybridized carbons (Fsp3) is 0.706. The molecule has 25 heavy (non-hydrogen) atoms. The maximum atomic E-state index is 12.4. The summed E-state index contributed by atoms with van der Waals surface area (Å²) >= 11 is 1.63. The van der Waals surface area contributed by atoms with Crippen molar-refractivity contribution in [3.8, 4) is 0 Å². The molecule has 1 aromatic rings. The van der Waals surface area contributed by atoms with Crippen LogP contribution in [-0.4, -0.2) is 72.5 Å². The lowest BCUT2D eigenvalue weighted by Gasteiger charge is -2.25. The van der Waals surface area contributed by atoms with Gasteiger partial charge in [0.15, 0.2) is 0 Å². The number of carbonyl (C=O) groups is 2. The van der Waals surface area contributed by atoms with Crippen molar-refractivity contribution in [3.05, 3.63) is 16.1 Å². The summed E-state index contributed by atoms with van der Waals surface area (Å²) in [6.45, 7) is 4.28. The summed E-state index contributed by atoms with van der Waals surface area (Å²) in [5, 5.41) is 13.0. The molecular weight excluding hydrogens is 340 g/mol. The van der Waals surface area contributed by atoms with Crippen LogP contribution in [-0.2, 0) is 22.6 Å². The highest BCUT2D eigenvalue weighted by Gasteiger charge is 2.27. The van der Waals surface area contributed by atoms with E-state index < -0.39 is 0 Å². The van der Waals surface area contributed by atoms with Crippen LogP contribution in [0.3, 0.4) is 0 Å². The minimum absolute atomic E-state index is 0.0838. The molecule has 1 saturated heterocycles. The second-order valence-corrected chi connectivity index (χ2v) is 7.46. The number of likely N-dealkylation sites (tertiary alicyclic amines) is 1. The average Bonchev–Trinajstić information content (AvgIpc) is 2.94. The summed E-state index contributed by atoms with van der Waals surface area (Å²) in [7, 11) is 6.34. The van der Waals surface area contributed by atoms with Gasteiger partial charge < -0.3 is 20.2 Å². The zero-order chi connectivity index (χ0) is 18.8. The molecule has 2 N–H and O–H groups in total. The third-order valence-corrected chi connectivity index (χ3v) is 5.28. The van der Waals surface area contributed by atoms with Crippen LogP contribution in [0.1, 0.15) is 30.5 Å². The number of hydrogen-bond donors (Lipinski definition) is 2. The lowest BCUT2D eigenvalue weighted by molar-refractivity contribution is -0.126. The van der Waals surface area contributed by atoms with Crippen LogP contribution in [0.5, 0.6) is 0 Å². The Balaban J connectivity index is 0.000000970. The first kappa shape index (κ1) is 21.5. The van der Waals surface area contributed by atoms with Crippen molar-refractivity contribution < 1.29 is 14.7 Å². The van der Waals surface area contributed by atoms with E-state index in [-0.39, 0.29) is 18.3 Å². The number of amides is 1. The highest BCUT2D eigenvalue weighted by atomic mass is 32.1. The normalized spacial score (nSPS) is 21.2. The molecule has 0 bridgehead atoms. The van der Waals surface area contributed by atoms with E-state index in [1.165, 1.54) is 0 Å². The highest BCUT2D eigenvalue weighted by molar-refractivity contribution is 7.09. The molecule has 1 fully saturated rings. The number of carboxylic acid groups (broad SMARTS) is 1. The maximum Gasteiger partial charge on any atom is 0.290 e. The van der Waals surface area contributed by atoms with Gasteiger partial charge in [0.2, 0.25) is 5.91 Å². The van der Waals surface area contributed by atoms with Crippen molar-refractivity contribution >= 4 is 23.7 Å². The van der Waals surface area contributed by atoms with Gasteiger partial charge in [-0.15, -0.1) is 11.3 Å². The van der Waals surface area contributed by atoms with Gasteiger partial charge in [0.1, 0.15) is 5.01 Å². The number of aryl methyl sites for hydroxylation is 1. The molecule has 1 aromatic heterocycles. The Morgan fingerprint density at radius 1 is 1.48 bits per heavy atom. The predicted octanol–water partition coefficient (Wildman–Crippen LogP) is 1.29. The smallest absolute Gasteiger partial charge is 0.290 e. The van der Waals surface area contributed by atoms with Gasteiger partial charge >= 0.3 is 0 Å². The Morgan fingerprint density at radius 2 is 2.16 bits per heavy atom. The summed E-state index contributed by atoms with van der Waals surface area (Å²) in [5.74, 6) is 0.250. The molecule has 1 aliphatic rings. The fourth-order valence-corrected chi connectivity index (χ4v) is 3.74. The Kier molecular flexibility index (Phi) is 9.62. The Morgan fingerprint density at radius 3 is 2.72 bits per heavy atom. The minimum Gasteiger partial charge on any atom is -0.483 e. The van der Waals surface area contributed by atoms with Gasteiger partial charge in [-0.1, -0.05) is 6.92 Å². The standard InChI is InChI=1S/C16H28N4OS.CH2O2/c1-5-13-11-22-15(18-13)8-17-16(21)12-6-7-14(19(2)3)10-20(4)9-12;2-1-3/h11-12,14H,5-10H2,1-4H3,(H,17,21);1H,(H,2,3)/t12-,14+;/m1./s1. The van der Waals surface area contributed by atoms with Crippen LogP contribution in [0.15, 0.2) is 5.38 Å². The number of likely N-dealkylation sites (N-methyl/N-ethyl adjacent to an activating group) is 2. The van der Waals surface area contributed by atoms with Gasteiger partial charge in [-0.25, -0.2) is 4.98 Å². The van der Waals surface area contributed by atoms with E-state index >= 15 is 0 Å². The van der Waals surface area contributed by atoms with E-state index in [4.69, 9.17) is 9.90 Å². The molecule has 0 aliphatic carbocycles.